The van der Waals surface area contributed by atoms with Crippen LogP contribution >= 0.6 is 0 Å². The average molecular weight is 189 g/mol. The molecule has 0 saturated heterocycles. The molecule has 2 aromatic rings. The monoisotopic (exact) mass is 189 g/mol. The molecule has 0 bridgehead atoms. The second-order valence-electron chi connectivity index (χ2n) is 2.98. The molecule has 0 radical (unpaired) electrons. The van der Waals surface area contributed by atoms with E-state index in [4.69, 9.17) is 0 Å². The summed E-state index contributed by atoms with van der Waals surface area (Å²) in [5.41, 5.74) is 2.55. The first-order chi connectivity index (χ1) is 6.81. The Kier molecular flexibility index (Phi) is 2.22. The zero-order valence-corrected chi connectivity index (χ0v) is 8.18. The van der Waals surface area contributed by atoms with Crippen LogP contribution in [0.5, 0.6) is 0 Å². The van der Waals surface area contributed by atoms with Gasteiger partial charge in [0.2, 0.25) is 0 Å². The summed E-state index contributed by atoms with van der Waals surface area (Å²) in [7, 11) is 1.83. The third-order valence-electron chi connectivity index (χ3n) is 1.95. The first kappa shape index (κ1) is 8.80. The molecule has 0 N–H and O–H groups in total. The lowest BCUT2D eigenvalue weighted by Crippen LogP contribution is -1.94. The van der Waals surface area contributed by atoms with Gasteiger partial charge in [-0.2, -0.15) is 0 Å². The van der Waals surface area contributed by atoms with Crippen molar-refractivity contribution >= 4 is 0 Å². The van der Waals surface area contributed by atoms with Crippen LogP contribution in [-0.4, -0.2) is 25.0 Å². The van der Waals surface area contributed by atoms with Crippen LogP contribution in [0.1, 0.15) is 12.6 Å². The minimum absolute atomic E-state index is 0.775. The Bertz CT molecular complexity index is 434. The van der Waals surface area contributed by atoms with Gasteiger partial charge in [-0.3, -0.25) is 14.6 Å². The van der Waals surface area contributed by atoms with E-state index in [9.17, 15) is 0 Å². The summed E-state index contributed by atoms with van der Waals surface area (Å²) in [6.45, 7) is 2.05. The molecule has 0 aliphatic heterocycles. The zero-order valence-electron chi connectivity index (χ0n) is 8.18. The van der Waals surface area contributed by atoms with Crippen LogP contribution in [0.15, 0.2) is 18.6 Å². The van der Waals surface area contributed by atoms with Crippen LogP contribution < -0.4 is 0 Å². The summed E-state index contributed by atoms with van der Waals surface area (Å²) >= 11 is 0. The standard InChI is InChI=1S/C9H11N5/c1-3-7-9(11-5-4-10-7)8-6-14(2)13-12-8/h4-6H,3H2,1-2H3. The van der Waals surface area contributed by atoms with Crippen LogP contribution in [0.25, 0.3) is 11.4 Å². The Morgan fingerprint density at radius 2 is 2.07 bits per heavy atom. The number of rotatable bonds is 2. The van der Waals surface area contributed by atoms with Gasteiger partial charge < -0.3 is 0 Å². The van der Waals surface area contributed by atoms with Gasteiger partial charge in [-0.15, -0.1) is 5.10 Å². The summed E-state index contributed by atoms with van der Waals surface area (Å²) in [6.07, 6.45) is 6.05. The lowest BCUT2D eigenvalue weighted by Gasteiger charge is -2.00. The highest BCUT2D eigenvalue weighted by molar-refractivity contribution is 5.54. The van der Waals surface area contributed by atoms with Gasteiger partial charge in [0, 0.05) is 19.4 Å². The Hall–Kier alpha value is -1.78. The lowest BCUT2D eigenvalue weighted by molar-refractivity contribution is 0.715. The number of aromatic nitrogens is 5. The summed E-state index contributed by atoms with van der Waals surface area (Å²) in [4.78, 5) is 8.50. The van der Waals surface area contributed by atoms with Gasteiger partial charge in [0.15, 0.2) is 0 Å². The molecule has 0 aromatic carbocycles. The molecule has 0 spiro atoms. The molecule has 0 saturated carbocycles. The van der Waals surface area contributed by atoms with Crippen molar-refractivity contribution in [3.8, 4) is 11.4 Å². The fourth-order valence-electron chi connectivity index (χ4n) is 1.30. The largest absolute Gasteiger partial charge is 0.257 e. The highest BCUT2D eigenvalue weighted by atomic mass is 15.4. The molecule has 0 aliphatic rings. The van der Waals surface area contributed by atoms with Gasteiger partial charge in [-0.25, -0.2) is 0 Å². The molecule has 14 heavy (non-hydrogen) atoms. The second-order valence-corrected chi connectivity index (χ2v) is 2.98. The van der Waals surface area contributed by atoms with Crippen molar-refractivity contribution in [1.82, 2.24) is 25.0 Å². The molecule has 0 fully saturated rings. The van der Waals surface area contributed by atoms with Crippen molar-refractivity contribution in [2.45, 2.75) is 13.3 Å². The molecule has 2 rings (SSSR count). The number of hydrogen-bond acceptors (Lipinski definition) is 4. The number of aryl methyl sites for hydroxylation is 2. The van der Waals surface area contributed by atoms with Crippen LogP contribution in [-0.2, 0) is 13.5 Å². The van der Waals surface area contributed by atoms with E-state index in [-0.39, 0.29) is 0 Å². The molecule has 2 heterocycles. The van der Waals surface area contributed by atoms with Crippen LogP contribution in [0.3, 0.4) is 0 Å². The van der Waals surface area contributed by atoms with E-state index < -0.39 is 0 Å². The predicted octanol–water partition coefficient (Wildman–Crippen LogP) is 0.834. The smallest absolute Gasteiger partial charge is 0.133 e. The Morgan fingerprint density at radius 1 is 1.29 bits per heavy atom. The van der Waals surface area contributed by atoms with Crippen molar-refractivity contribution in [2.75, 3.05) is 0 Å². The van der Waals surface area contributed by atoms with Crippen molar-refractivity contribution in [2.24, 2.45) is 7.05 Å². The summed E-state index contributed by atoms with van der Waals surface area (Å²) in [6, 6.07) is 0. The van der Waals surface area contributed by atoms with Gasteiger partial charge in [0.1, 0.15) is 11.4 Å². The van der Waals surface area contributed by atoms with E-state index >= 15 is 0 Å². The molecular formula is C9H11N5. The third-order valence-corrected chi connectivity index (χ3v) is 1.95. The van der Waals surface area contributed by atoms with E-state index in [0.717, 1.165) is 23.5 Å². The van der Waals surface area contributed by atoms with Crippen molar-refractivity contribution in [3.05, 3.63) is 24.3 Å². The highest BCUT2D eigenvalue weighted by Gasteiger charge is 2.08. The molecule has 5 nitrogen and oxygen atoms in total. The van der Waals surface area contributed by atoms with Crippen LogP contribution in [0.2, 0.25) is 0 Å². The van der Waals surface area contributed by atoms with Gasteiger partial charge >= 0.3 is 0 Å². The minimum Gasteiger partial charge on any atom is -0.257 e. The zero-order chi connectivity index (χ0) is 9.97. The highest BCUT2D eigenvalue weighted by Crippen LogP contribution is 2.15. The Balaban J connectivity index is 2.50. The molecule has 0 unspecified atom stereocenters. The maximum absolute atomic E-state index is 4.25. The number of hydrogen-bond donors (Lipinski definition) is 0. The topological polar surface area (TPSA) is 56.5 Å². The second kappa shape index (κ2) is 3.53. The Morgan fingerprint density at radius 3 is 2.71 bits per heavy atom. The molecule has 0 aliphatic carbocycles. The fraction of sp³-hybridized carbons (Fsp3) is 0.333. The predicted molar refractivity (Wildman–Crippen MR) is 51.4 cm³/mol. The van der Waals surface area contributed by atoms with Gasteiger partial charge in [-0.05, 0) is 6.42 Å². The van der Waals surface area contributed by atoms with E-state index in [0.29, 0.717) is 0 Å². The minimum atomic E-state index is 0.775. The van der Waals surface area contributed by atoms with Crippen LogP contribution in [0.4, 0.5) is 0 Å². The molecule has 0 amide bonds. The fourth-order valence-corrected chi connectivity index (χ4v) is 1.30. The first-order valence-electron chi connectivity index (χ1n) is 4.48. The van der Waals surface area contributed by atoms with Crippen molar-refractivity contribution in [1.29, 1.82) is 0 Å². The van der Waals surface area contributed by atoms with Crippen LogP contribution in [0, 0.1) is 0 Å². The summed E-state index contributed by atoms with van der Waals surface area (Å²) < 4.78 is 1.66. The molecular weight excluding hydrogens is 178 g/mol. The average Bonchev–Trinajstić information content (AvgIpc) is 2.65. The Labute approximate surface area is 81.8 Å². The first-order valence-corrected chi connectivity index (χ1v) is 4.48. The van der Waals surface area contributed by atoms with E-state index in [1.54, 1.807) is 17.1 Å². The summed E-state index contributed by atoms with van der Waals surface area (Å²) in [5, 5.41) is 7.87. The third kappa shape index (κ3) is 1.48. The molecule has 2 aromatic heterocycles. The normalized spacial score (nSPS) is 10.4. The maximum atomic E-state index is 4.25. The van der Waals surface area contributed by atoms with Gasteiger partial charge in [-0.1, -0.05) is 12.1 Å². The lowest BCUT2D eigenvalue weighted by atomic mass is 10.2. The van der Waals surface area contributed by atoms with Crippen molar-refractivity contribution in [3.63, 3.8) is 0 Å². The van der Waals surface area contributed by atoms with E-state index in [1.807, 2.05) is 20.2 Å². The molecule has 72 valence electrons. The van der Waals surface area contributed by atoms with Gasteiger partial charge in [0.05, 0.1) is 11.9 Å². The number of nitrogens with zero attached hydrogens (tertiary/aromatic N) is 5. The maximum Gasteiger partial charge on any atom is 0.133 e. The quantitative estimate of drug-likeness (QED) is 0.702. The van der Waals surface area contributed by atoms with Gasteiger partial charge in [0.25, 0.3) is 0 Å². The molecule has 5 heteroatoms. The van der Waals surface area contributed by atoms with E-state index in [1.165, 1.54) is 0 Å². The summed E-state index contributed by atoms with van der Waals surface area (Å²) in [5.74, 6) is 0. The van der Waals surface area contributed by atoms with Crippen molar-refractivity contribution < 1.29 is 0 Å². The molecule has 0 atom stereocenters. The SMILES string of the molecule is CCc1nccnc1-c1cn(C)nn1. The van der Waals surface area contributed by atoms with E-state index in [2.05, 4.69) is 20.3 Å².